The highest BCUT2D eigenvalue weighted by Gasteiger charge is 2.10. The van der Waals surface area contributed by atoms with Crippen molar-refractivity contribution >= 4 is 23.1 Å². The van der Waals surface area contributed by atoms with E-state index in [1.54, 1.807) is 67.7 Å². The summed E-state index contributed by atoms with van der Waals surface area (Å²) in [6, 6.07) is 18.3. The van der Waals surface area contributed by atoms with Crippen LogP contribution in [0.1, 0.15) is 27.6 Å². The van der Waals surface area contributed by atoms with E-state index in [0.29, 0.717) is 28.3 Å². The molecule has 3 aromatic carbocycles. The summed E-state index contributed by atoms with van der Waals surface area (Å²) in [6.45, 7) is 1.51. The zero-order valence-electron chi connectivity index (χ0n) is 15.5. The van der Waals surface area contributed by atoms with Crippen LogP contribution in [0.5, 0.6) is 17.2 Å². The number of phenols is 1. The number of aromatic hydroxyl groups is 1. The van der Waals surface area contributed by atoms with E-state index >= 15 is 0 Å². The molecule has 142 valence electrons. The van der Waals surface area contributed by atoms with Crippen molar-refractivity contribution in [3.8, 4) is 17.2 Å². The maximum Gasteiger partial charge on any atom is 0.255 e. The van der Waals surface area contributed by atoms with E-state index in [4.69, 9.17) is 4.74 Å². The average molecular weight is 376 g/mol. The Kier molecular flexibility index (Phi) is 5.60. The van der Waals surface area contributed by atoms with Gasteiger partial charge in [-0.3, -0.25) is 9.59 Å². The number of Topliss-reactive ketones (excluding diaryl/α,β-unsaturated/α-hetero) is 1. The molecule has 28 heavy (non-hydrogen) atoms. The number of ether oxygens (including phenoxy) is 1. The quantitative estimate of drug-likeness (QED) is 0.330. The minimum absolute atomic E-state index is 0.00629. The highest BCUT2D eigenvalue weighted by atomic mass is 16.5. The Morgan fingerprint density at radius 2 is 1.43 bits per heavy atom. The van der Waals surface area contributed by atoms with Crippen molar-refractivity contribution < 1.29 is 19.4 Å². The average Bonchev–Trinajstić information content (AvgIpc) is 2.70. The van der Waals surface area contributed by atoms with E-state index in [9.17, 15) is 14.7 Å². The molecule has 6 nitrogen and oxygen atoms in total. The number of carbonyl (C=O) groups is 2. The fraction of sp³-hybridized carbons (Fsp3) is 0.0909. The van der Waals surface area contributed by atoms with Crippen LogP contribution >= 0.6 is 0 Å². The van der Waals surface area contributed by atoms with Gasteiger partial charge < -0.3 is 20.5 Å². The molecule has 0 aliphatic heterocycles. The van der Waals surface area contributed by atoms with Gasteiger partial charge in [0.05, 0.1) is 5.69 Å². The van der Waals surface area contributed by atoms with Crippen LogP contribution in [0.25, 0.3) is 0 Å². The fourth-order valence-electron chi connectivity index (χ4n) is 2.55. The molecular formula is C22H20N2O4. The third-order valence-corrected chi connectivity index (χ3v) is 4.15. The van der Waals surface area contributed by atoms with Gasteiger partial charge in [0.15, 0.2) is 5.78 Å². The van der Waals surface area contributed by atoms with Crippen LogP contribution in [0.4, 0.5) is 11.4 Å². The number of benzene rings is 3. The number of hydrogen-bond donors (Lipinski definition) is 3. The number of amides is 1. The molecular weight excluding hydrogens is 356 g/mol. The second-order valence-corrected chi connectivity index (χ2v) is 6.14. The third-order valence-electron chi connectivity index (χ3n) is 4.15. The lowest BCUT2D eigenvalue weighted by atomic mass is 10.1. The Balaban J connectivity index is 1.68. The molecule has 0 unspecified atom stereocenters. The lowest BCUT2D eigenvalue weighted by molar-refractivity contribution is 0.101. The fourth-order valence-corrected chi connectivity index (χ4v) is 2.55. The molecule has 1 amide bonds. The van der Waals surface area contributed by atoms with E-state index in [-0.39, 0.29) is 17.4 Å². The first kappa shape index (κ1) is 19.0. The van der Waals surface area contributed by atoms with E-state index in [0.717, 1.165) is 5.69 Å². The number of carbonyl (C=O) groups excluding carboxylic acids is 2. The van der Waals surface area contributed by atoms with Gasteiger partial charge in [-0.2, -0.15) is 0 Å². The smallest absolute Gasteiger partial charge is 0.255 e. The SMILES string of the molecule is CNc1ccc(O)c(NC(=O)c2ccc(Oc3ccc(C(C)=O)cc3)cc2)c1. The van der Waals surface area contributed by atoms with Gasteiger partial charge >= 0.3 is 0 Å². The molecule has 3 aromatic rings. The highest BCUT2D eigenvalue weighted by molar-refractivity contribution is 6.05. The van der Waals surface area contributed by atoms with Crippen molar-refractivity contribution in [2.75, 3.05) is 17.7 Å². The summed E-state index contributed by atoms with van der Waals surface area (Å²) in [4.78, 5) is 23.7. The number of rotatable bonds is 6. The van der Waals surface area contributed by atoms with Gasteiger partial charge in [0.2, 0.25) is 0 Å². The van der Waals surface area contributed by atoms with Gasteiger partial charge in [-0.25, -0.2) is 0 Å². The van der Waals surface area contributed by atoms with Crippen LogP contribution in [-0.2, 0) is 0 Å². The van der Waals surface area contributed by atoms with Crippen LogP contribution in [0.3, 0.4) is 0 Å². The topological polar surface area (TPSA) is 87.7 Å². The van der Waals surface area contributed by atoms with Crippen molar-refractivity contribution in [1.82, 2.24) is 0 Å². The number of anilines is 2. The highest BCUT2D eigenvalue weighted by Crippen LogP contribution is 2.27. The Bertz CT molecular complexity index is 996. The molecule has 0 aliphatic carbocycles. The summed E-state index contributed by atoms with van der Waals surface area (Å²) in [5.74, 6) is 0.790. The molecule has 3 rings (SSSR count). The van der Waals surface area contributed by atoms with Crippen LogP contribution in [0.15, 0.2) is 66.7 Å². The maximum atomic E-state index is 12.4. The third kappa shape index (κ3) is 4.48. The number of nitrogens with one attached hydrogen (secondary N) is 2. The Hall–Kier alpha value is -3.80. The molecule has 3 N–H and O–H groups in total. The van der Waals surface area contributed by atoms with Crippen molar-refractivity contribution in [3.05, 3.63) is 77.9 Å². The van der Waals surface area contributed by atoms with Crippen molar-refractivity contribution in [3.63, 3.8) is 0 Å². The summed E-state index contributed by atoms with van der Waals surface area (Å²) in [7, 11) is 1.75. The zero-order chi connectivity index (χ0) is 20.1. The van der Waals surface area contributed by atoms with Gasteiger partial charge in [-0.05, 0) is 73.7 Å². The zero-order valence-corrected chi connectivity index (χ0v) is 15.5. The first-order chi connectivity index (χ1) is 13.5. The molecule has 6 heteroatoms. The number of hydrogen-bond acceptors (Lipinski definition) is 5. The molecule has 0 radical (unpaired) electrons. The minimum atomic E-state index is -0.346. The molecule has 0 aliphatic rings. The second kappa shape index (κ2) is 8.26. The molecule has 0 bridgehead atoms. The predicted molar refractivity (Wildman–Crippen MR) is 109 cm³/mol. The maximum absolute atomic E-state index is 12.4. The van der Waals surface area contributed by atoms with E-state index < -0.39 is 0 Å². The van der Waals surface area contributed by atoms with Gasteiger partial charge in [0.1, 0.15) is 17.2 Å². The second-order valence-electron chi connectivity index (χ2n) is 6.14. The lowest BCUT2D eigenvalue weighted by Gasteiger charge is -2.10. The molecule has 0 spiro atoms. The first-order valence-corrected chi connectivity index (χ1v) is 8.67. The van der Waals surface area contributed by atoms with Crippen LogP contribution < -0.4 is 15.4 Å². The molecule has 0 saturated carbocycles. The lowest BCUT2D eigenvalue weighted by Crippen LogP contribution is -2.12. The Morgan fingerprint density at radius 1 is 0.857 bits per heavy atom. The predicted octanol–water partition coefficient (Wildman–Crippen LogP) is 4.68. The van der Waals surface area contributed by atoms with E-state index in [1.807, 2.05) is 0 Å². The Morgan fingerprint density at radius 3 is 1.96 bits per heavy atom. The standard InChI is InChI=1S/C22H20N2O4/c1-14(25)15-3-8-18(9-4-15)28-19-10-5-16(6-11-19)22(27)24-20-13-17(23-2)7-12-21(20)26/h3-13,23,26H,1-2H3,(H,24,27). The largest absolute Gasteiger partial charge is 0.506 e. The normalized spacial score (nSPS) is 10.2. The summed E-state index contributed by atoms with van der Waals surface area (Å²) in [5.41, 5.74) is 2.13. The number of phenolic OH excluding ortho intramolecular Hbond substituents is 1. The van der Waals surface area contributed by atoms with Crippen molar-refractivity contribution in [2.45, 2.75) is 6.92 Å². The minimum Gasteiger partial charge on any atom is -0.506 e. The van der Waals surface area contributed by atoms with Gasteiger partial charge in [0, 0.05) is 23.9 Å². The van der Waals surface area contributed by atoms with Crippen molar-refractivity contribution in [2.24, 2.45) is 0 Å². The summed E-state index contributed by atoms with van der Waals surface area (Å²) >= 11 is 0. The number of ketones is 1. The summed E-state index contributed by atoms with van der Waals surface area (Å²) < 4.78 is 5.72. The monoisotopic (exact) mass is 376 g/mol. The molecule has 0 saturated heterocycles. The van der Waals surface area contributed by atoms with E-state index in [2.05, 4.69) is 10.6 Å². The van der Waals surface area contributed by atoms with Crippen molar-refractivity contribution in [1.29, 1.82) is 0 Å². The first-order valence-electron chi connectivity index (χ1n) is 8.67. The summed E-state index contributed by atoms with van der Waals surface area (Å²) in [5, 5.41) is 15.5. The van der Waals surface area contributed by atoms with E-state index in [1.165, 1.54) is 13.0 Å². The molecule has 0 aromatic heterocycles. The molecule has 0 fully saturated rings. The van der Waals surface area contributed by atoms with Gasteiger partial charge in [0.25, 0.3) is 5.91 Å². The Labute approximate surface area is 162 Å². The molecule has 0 atom stereocenters. The van der Waals surface area contributed by atoms with Crippen LogP contribution in [0.2, 0.25) is 0 Å². The van der Waals surface area contributed by atoms with Gasteiger partial charge in [-0.15, -0.1) is 0 Å². The van der Waals surface area contributed by atoms with Crippen LogP contribution in [-0.4, -0.2) is 23.8 Å². The molecule has 0 heterocycles. The van der Waals surface area contributed by atoms with Crippen LogP contribution in [0, 0.1) is 0 Å². The van der Waals surface area contributed by atoms with Gasteiger partial charge in [-0.1, -0.05) is 0 Å². The summed E-state index contributed by atoms with van der Waals surface area (Å²) in [6.07, 6.45) is 0.